The molecule has 1 aliphatic rings. The van der Waals surface area contributed by atoms with Gasteiger partial charge < -0.3 is 14.6 Å². The maximum absolute atomic E-state index is 5.54. The Morgan fingerprint density at radius 1 is 0.893 bits per heavy atom. The van der Waals surface area contributed by atoms with E-state index >= 15 is 0 Å². The minimum Gasteiger partial charge on any atom is -0.464 e. The number of rotatable bonds is 5. The van der Waals surface area contributed by atoms with Crippen LogP contribution in [-0.4, -0.2) is 49.2 Å². The summed E-state index contributed by atoms with van der Waals surface area (Å²) >= 11 is 0. The summed E-state index contributed by atoms with van der Waals surface area (Å²) in [5, 5.41) is 5.81. The number of pyridine rings is 1. The van der Waals surface area contributed by atoms with E-state index < -0.39 is 0 Å². The van der Waals surface area contributed by atoms with E-state index in [2.05, 4.69) is 62.6 Å². The Labute approximate surface area is 164 Å². The second kappa shape index (κ2) is 7.52. The fourth-order valence-electron chi connectivity index (χ4n) is 3.88. The van der Waals surface area contributed by atoms with Gasteiger partial charge in [-0.3, -0.25) is 4.90 Å². The summed E-state index contributed by atoms with van der Waals surface area (Å²) in [5.74, 6) is 0.948. The number of fused-ring (bicyclic) bond motifs is 2. The third-order valence-electron chi connectivity index (χ3n) is 5.51. The first kappa shape index (κ1) is 17.1. The largest absolute Gasteiger partial charge is 0.464 e. The molecule has 0 saturated carbocycles. The van der Waals surface area contributed by atoms with Crippen LogP contribution in [-0.2, 0) is 0 Å². The molecule has 0 atom stereocenters. The highest BCUT2D eigenvalue weighted by Crippen LogP contribution is 2.24. The van der Waals surface area contributed by atoms with Gasteiger partial charge in [-0.05, 0) is 36.4 Å². The van der Waals surface area contributed by atoms with Gasteiger partial charge in [-0.2, -0.15) is 0 Å². The smallest absolute Gasteiger partial charge is 0.135 e. The molecule has 5 nitrogen and oxygen atoms in total. The quantitative estimate of drug-likeness (QED) is 0.568. The number of piperazine rings is 1. The third kappa shape index (κ3) is 3.53. The van der Waals surface area contributed by atoms with Crippen LogP contribution in [0.1, 0.15) is 0 Å². The Morgan fingerprint density at radius 2 is 1.75 bits per heavy atom. The van der Waals surface area contributed by atoms with Gasteiger partial charge in [0.2, 0.25) is 0 Å². The predicted octanol–water partition coefficient (Wildman–Crippen LogP) is 4.22. The van der Waals surface area contributed by atoms with Crippen molar-refractivity contribution >= 4 is 33.4 Å². The lowest BCUT2D eigenvalue weighted by atomic mass is 10.2. The van der Waals surface area contributed by atoms with Crippen molar-refractivity contribution < 1.29 is 4.42 Å². The summed E-state index contributed by atoms with van der Waals surface area (Å²) < 4.78 is 5.54. The maximum atomic E-state index is 5.54. The molecule has 1 N–H and O–H groups in total. The number of nitrogens with zero attached hydrogens (tertiary/aromatic N) is 3. The van der Waals surface area contributed by atoms with Gasteiger partial charge in [0.05, 0.1) is 11.8 Å². The number of anilines is 2. The molecule has 1 fully saturated rings. The van der Waals surface area contributed by atoms with Gasteiger partial charge in [0.25, 0.3) is 0 Å². The Morgan fingerprint density at radius 3 is 2.68 bits per heavy atom. The first-order valence-electron chi connectivity index (χ1n) is 9.89. The molecule has 28 heavy (non-hydrogen) atoms. The molecule has 0 aliphatic carbocycles. The summed E-state index contributed by atoms with van der Waals surface area (Å²) in [4.78, 5) is 9.63. The Kier molecular flexibility index (Phi) is 4.59. The van der Waals surface area contributed by atoms with Gasteiger partial charge >= 0.3 is 0 Å². The van der Waals surface area contributed by atoms with Gasteiger partial charge in [0.1, 0.15) is 11.4 Å². The van der Waals surface area contributed by atoms with Gasteiger partial charge in [-0.15, -0.1) is 0 Å². The average Bonchev–Trinajstić information content (AvgIpc) is 3.22. The highest BCUT2D eigenvalue weighted by atomic mass is 16.3. The van der Waals surface area contributed by atoms with Gasteiger partial charge in [0.15, 0.2) is 0 Å². The highest BCUT2D eigenvalue weighted by molar-refractivity contribution is 5.81. The standard InChI is InChI=1S/C23H24N4O/c1-2-4-21-18(3-1)6-8-23(25-21)24-10-11-26-12-14-27(15-13-26)20-7-5-19-9-16-28-22(19)17-20/h1-9,16-17H,10-15H2,(H,24,25). The van der Waals surface area contributed by atoms with E-state index in [0.29, 0.717) is 0 Å². The molecule has 0 spiro atoms. The highest BCUT2D eigenvalue weighted by Gasteiger charge is 2.17. The summed E-state index contributed by atoms with van der Waals surface area (Å²) in [7, 11) is 0. The molecule has 5 rings (SSSR count). The van der Waals surface area contributed by atoms with E-state index in [-0.39, 0.29) is 0 Å². The molecule has 3 heterocycles. The van der Waals surface area contributed by atoms with Crippen LogP contribution >= 0.6 is 0 Å². The number of benzene rings is 2. The second-order valence-electron chi connectivity index (χ2n) is 7.29. The molecule has 0 amide bonds. The molecule has 5 heteroatoms. The molecule has 0 radical (unpaired) electrons. The lowest BCUT2D eigenvalue weighted by Gasteiger charge is -2.36. The van der Waals surface area contributed by atoms with Crippen LogP contribution in [0.4, 0.5) is 11.5 Å². The lowest BCUT2D eigenvalue weighted by molar-refractivity contribution is 0.267. The minimum atomic E-state index is 0.906. The van der Waals surface area contributed by atoms with Crippen molar-refractivity contribution in [2.45, 2.75) is 0 Å². The van der Waals surface area contributed by atoms with E-state index in [9.17, 15) is 0 Å². The summed E-state index contributed by atoms with van der Waals surface area (Å²) in [6.45, 7) is 6.16. The van der Waals surface area contributed by atoms with Crippen LogP contribution in [0.25, 0.3) is 21.9 Å². The maximum Gasteiger partial charge on any atom is 0.135 e. The van der Waals surface area contributed by atoms with Crippen LogP contribution in [0.15, 0.2) is 71.3 Å². The van der Waals surface area contributed by atoms with E-state index in [1.54, 1.807) is 6.26 Å². The van der Waals surface area contributed by atoms with Crippen LogP contribution in [0, 0.1) is 0 Å². The first-order chi connectivity index (χ1) is 13.8. The molecule has 1 aliphatic heterocycles. The monoisotopic (exact) mass is 372 g/mol. The molecular formula is C23H24N4O. The molecule has 142 valence electrons. The minimum absolute atomic E-state index is 0.906. The zero-order valence-corrected chi connectivity index (χ0v) is 15.8. The average molecular weight is 372 g/mol. The summed E-state index contributed by atoms with van der Waals surface area (Å²) in [6, 6.07) is 20.9. The number of hydrogen-bond donors (Lipinski definition) is 1. The second-order valence-corrected chi connectivity index (χ2v) is 7.29. The predicted molar refractivity (Wildman–Crippen MR) is 115 cm³/mol. The normalized spacial score (nSPS) is 15.4. The summed E-state index contributed by atoms with van der Waals surface area (Å²) in [6.07, 6.45) is 1.75. The van der Waals surface area contributed by atoms with Crippen molar-refractivity contribution in [2.24, 2.45) is 0 Å². The number of hydrogen-bond acceptors (Lipinski definition) is 5. The van der Waals surface area contributed by atoms with Crippen molar-refractivity contribution in [1.29, 1.82) is 0 Å². The van der Waals surface area contributed by atoms with Gasteiger partial charge in [-0.25, -0.2) is 4.98 Å². The molecule has 4 aromatic rings. The Balaban J connectivity index is 1.13. The fourth-order valence-corrected chi connectivity index (χ4v) is 3.88. The van der Waals surface area contributed by atoms with E-state index in [4.69, 9.17) is 4.42 Å². The van der Waals surface area contributed by atoms with E-state index in [1.807, 2.05) is 18.2 Å². The van der Waals surface area contributed by atoms with Crippen LogP contribution in [0.2, 0.25) is 0 Å². The zero-order chi connectivity index (χ0) is 18.8. The van der Waals surface area contributed by atoms with Crippen LogP contribution in [0.3, 0.4) is 0 Å². The van der Waals surface area contributed by atoms with E-state index in [0.717, 1.165) is 61.6 Å². The lowest BCUT2D eigenvalue weighted by Crippen LogP contribution is -2.47. The number of furan rings is 1. The van der Waals surface area contributed by atoms with Crippen molar-refractivity contribution in [3.05, 3.63) is 66.9 Å². The zero-order valence-electron chi connectivity index (χ0n) is 15.8. The molecule has 0 unspecified atom stereocenters. The van der Waals surface area contributed by atoms with Crippen molar-refractivity contribution in [2.75, 3.05) is 49.5 Å². The third-order valence-corrected chi connectivity index (χ3v) is 5.51. The van der Waals surface area contributed by atoms with Gasteiger partial charge in [0, 0.05) is 61.8 Å². The molecular weight excluding hydrogens is 348 g/mol. The molecule has 0 bridgehead atoms. The Bertz CT molecular complexity index is 1080. The number of aromatic nitrogens is 1. The topological polar surface area (TPSA) is 44.5 Å². The Hall–Kier alpha value is -3.05. The van der Waals surface area contributed by atoms with Crippen molar-refractivity contribution in [3.8, 4) is 0 Å². The van der Waals surface area contributed by atoms with E-state index in [1.165, 1.54) is 11.1 Å². The molecule has 1 saturated heterocycles. The fraction of sp³-hybridized carbons (Fsp3) is 0.261. The SMILES string of the molecule is c1ccc2nc(NCCN3CCN(c4ccc5ccoc5c4)CC3)ccc2c1. The van der Waals surface area contributed by atoms with Gasteiger partial charge in [-0.1, -0.05) is 18.2 Å². The van der Waals surface area contributed by atoms with Crippen molar-refractivity contribution in [3.63, 3.8) is 0 Å². The summed E-state index contributed by atoms with van der Waals surface area (Å²) in [5.41, 5.74) is 3.25. The first-order valence-corrected chi connectivity index (χ1v) is 9.89. The van der Waals surface area contributed by atoms with Crippen LogP contribution < -0.4 is 10.2 Å². The molecule has 2 aromatic carbocycles. The van der Waals surface area contributed by atoms with Crippen molar-refractivity contribution in [1.82, 2.24) is 9.88 Å². The number of para-hydroxylation sites is 1. The van der Waals surface area contributed by atoms with Crippen LogP contribution in [0.5, 0.6) is 0 Å². The molecule has 2 aromatic heterocycles. The number of nitrogens with one attached hydrogen (secondary N) is 1.